The second kappa shape index (κ2) is 4.85. The summed E-state index contributed by atoms with van der Waals surface area (Å²) in [4.78, 5) is 0. The molecule has 0 unspecified atom stereocenters. The number of para-hydroxylation sites is 1. The van der Waals surface area contributed by atoms with Gasteiger partial charge in [0.05, 0.1) is 7.11 Å². The molecule has 1 aromatic rings. The van der Waals surface area contributed by atoms with Crippen LogP contribution < -0.4 is 15.8 Å². The molecule has 3 atom stereocenters. The van der Waals surface area contributed by atoms with Gasteiger partial charge in [0.25, 0.3) is 0 Å². The Kier molecular flexibility index (Phi) is 3.46. The topological polar surface area (TPSA) is 47.3 Å². The van der Waals surface area contributed by atoms with Crippen LogP contribution >= 0.6 is 0 Å². The van der Waals surface area contributed by atoms with E-state index < -0.39 is 0 Å². The molecule has 1 aliphatic rings. The first kappa shape index (κ1) is 11.4. The SMILES string of the molecule is COc1ccccc1[C@@H]1C[C@H](N)C[C@H](C)N1. The fourth-order valence-electron chi connectivity index (χ4n) is 2.50. The molecular weight excluding hydrogens is 200 g/mol. The highest BCUT2D eigenvalue weighted by Gasteiger charge is 2.26. The largest absolute Gasteiger partial charge is 0.496 e. The smallest absolute Gasteiger partial charge is 0.123 e. The van der Waals surface area contributed by atoms with Gasteiger partial charge < -0.3 is 15.8 Å². The van der Waals surface area contributed by atoms with E-state index in [9.17, 15) is 0 Å². The lowest BCUT2D eigenvalue weighted by molar-refractivity contribution is 0.299. The van der Waals surface area contributed by atoms with Crippen molar-refractivity contribution in [3.63, 3.8) is 0 Å². The summed E-state index contributed by atoms with van der Waals surface area (Å²) in [6.07, 6.45) is 2.02. The van der Waals surface area contributed by atoms with Crippen LogP contribution in [0.2, 0.25) is 0 Å². The van der Waals surface area contributed by atoms with Crippen LogP contribution in [0.4, 0.5) is 0 Å². The molecule has 0 amide bonds. The minimum absolute atomic E-state index is 0.283. The Morgan fingerprint density at radius 1 is 1.31 bits per heavy atom. The molecule has 1 saturated heterocycles. The minimum atomic E-state index is 0.283. The van der Waals surface area contributed by atoms with E-state index in [1.165, 1.54) is 5.56 Å². The number of nitrogens with one attached hydrogen (secondary N) is 1. The van der Waals surface area contributed by atoms with Crippen LogP contribution in [0.3, 0.4) is 0 Å². The van der Waals surface area contributed by atoms with Crippen molar-refractivity contribution in [2.75, 3.05) is 7.11 Å². The van der Waals surface area contributed by atoms with Crippen molar-refractivity contribution < 1.29 is 4.74 Å². The van der Waals surface area contributed by atoms with Crippen molar-refractivity contribution in [2.45, 2.75) is 37.9 Å². The van der Waals surface area contributed by atoms with Crippen molar-refractivity contribution in [1.29, 1.82) is 0 Å². The highest BCUT2D eigenvalue weighted by atomic mass is 16.5. The Labute approximate surface area is 97.0 Å². The summed E-state index contributed by atoms with van der Waals surface area (Å²) in [5.74, 6) is 0.946. The summed E-state index contributed by atoms with van der Waals surface area (Å²) < 4.78 is 5.39. The van der Waals surface area contributed by atoms with Gasteiger partial charge in [0.2, 0.25) is 0 Å². The average molecular weight is 220 g/mol. The molecule has 3 heteroatoms. The Balaban J connectivity index is 2.22. The maximum atomic E-state index is 6.06. The number of nitrogens with two attached hydrogens (primary N) is 1. The van der Waals surface area contributed by atoms with E-state index in [4.69, 9.17) is 10.5 Å². The maximum absolute atomic E-state index is 6.06. The normalized spacial score (nSPS) is 30.1. The van der Waals surface area contributed by atoms with Crippen molar-refractivity contribution in [1.82, 2.24) is 5.32 Å². The van der Waals surface area contributed by atoms with Crippen LogP contribution in [0, 0.1) is 0 Å². The monoisotopic (exact) mass is 220 g/mol. The molecule has 16 heavy (non-hydrogen) atoms. The molecule has 3 N–H and O–H groups in total. The number of benzene rings is 1. The summed E-state index contributed by atoms with van der Waals surface area (Å²) in [5.41, 5.74) is 7.28. The molecule has 1 heterocycles. The average Bonchev–Trinajstić information content (AvgIpc) is 2.27. The second-order valence-corrected chi connectivity index (χ2v) is 4.59. The fraction of sp³-hybridized carbons (Fsp3) is 0.538. The molecule has 0 radical (unpaired) electrons. The molecule has 1 aromatic carbocycles. The number of ether oxygens (including phenoxy) is 1. The van der Waals surface area contributed by atoms with Gasteiger partial charge in [-0.1, -0.05) is 18.2 Å². The first-order valence-corrected chi connectivity index (χ1v) is 5.85. The van der Waals surface area contributed by atoms with Crippen LogP contribution in [0.25, 0.3) is 0 Å². The van der Waals surface area contributed by atoms with Gasteiger partial charge in [-0.2, -0.15) is 0 Å². The van der Waals surface area contributed by atoms with E-state index in [-0.39, 0.29) is 6.04 Å². The number of hydrogen-bond acceptors (Lipinski definition) is 3. The zero-order valence-electron chi connectivity index (χ0n) is 9.94. The predicted molar refractivity (Wildman–Crippen MR) is 65.5 cm³/mol. The standard InChI is InChI=1S/C13H20N2O/c1-9-7-10(14)8-12(15-9)11-5-3-4-6-13(11)16-2/h3-6,9-10,12,15H,7-8,14H2,1-2H3/t9-,10+,12-/m0/s1. The third kappa shape index (κ3) is 2.36. The molecule has 0 spiro atoms. The first-order valence-electron chi connectivity index (χ1n) is 5.85. The van der Waals surface area contributed by atoms with Gasteiger partial charge in [-0.25, -0.2) is 0 Å². The Hall–Kier alpha value is -1.06. The third-order valence-electron chi connectivity index (χ3n) is 3.19. The second-order valence-electron chi connectivity index (χ2n) is 4.59. The van der Waals surface area contributed by atoms with Crippen LogP contribution in [-0.2, 0) is 0 Å². The molecule has 0 bridgehead atoms. The molecule has 2 rings (SSSR count). The van der Waals surface area contributed by atoms with E-state index in [1.807, 2.05) is 18.2 Å². The van der Waals surface area contributed by atoms with E-state index in [2.05, 4.69) is 18.3 Å². The quantitative estimate of drug-likeness (QED) is 0.799. The van der Waals surface area contributed by atoms with Crippen LogP contribution in [0.1, 0.15) is 31.4 Å². The Bertz CT molecular complexity index is 344. The van der Waals surface area contributed by atoms with Crippen molar-refractivity contribution in [3.8, 4) is 5.75 Å². The molecule has 88 valence electrons. The molecular formula is C13H20N2O. The lowest BCUT2D eigenvalue weighted by Crippen LogP contribution is -2.44. The summed E-state index contributed by atoms with van der Waals surface area (Å²) in [7, 11) is 1.71. The van der Waals surface area contributed by atoms with Crippen LogP contribution in [-0.4, -0.2) is 19.2 Å². The number of rotatable bonds is 2. The zero-order chi connectivity index (χ0) is 11.5. The molecule has 0 saturated carbocycles. The molecule has 1 fully saturated rings. The van der Waals surface area contributed by atoms with Gasteiger partial charge in [0, 0.05) is 23.7 Å². The van der Waals surface area contributed by atoms with E-state index in [0.29, 0.717) is 12.1 Å². The lowest BCUT2D eigenvalue weighted by Gasteiger charge is -2.33. The summed E-state index contributed by atoms with van der Waals surface area (Å²) in [5, 5.41) is 3.58. The minimum Gasteiger partial charge on any atom is -0.496 e. The predicted octanol–water partition coefficient (Wildman–Crippen LogP) is 1.84. The number of methoxy groups -OCH3 is 1. The number of hydrogen-bond donors (Lipinski definition) is 2. The zero-order valence-corrected chi connectivity index (χ0v) is 9.94. The van der Waals surface area contributed by atoms with Gasteiger partial charge in [-0.05, 0) is 25.8 Å². The maximum Gasteiger partial charge on any atom is 0.123 e. The molecule has 3 nitrogen and oxygen atoms in total. The first-order chi connectivity index (χ1) is 7.70. The Morgan fingerprint density at radius 2 is 2.06 bits per heavy atom. The summed E-state index contributed by atoms with van der Waals surface area (Å²) in [6.45, 7) is 2.18. The highest BCUT2D eigenvalue weighted by molar-refractivity contribution is 5.36. The van der Waals surface area contributed by atoms with Crippen molar-refractivity contribution in [3.05, 3.63) is 29.8 Å². The van der Waals surface area contributed by atoms with Crippen molar-refractivity contribution >= 4 is 0 Å². The summed E-state index contributed by atoms with van der Waals surface area (Å²) >= 11 is 0. The molecule has 1 aliphatic heterocycles. The van der Waals surface area contributed by atoms with Gasteiger partial charge in [-0.3, -0.25) is 0 Å². The van der Waals surface area contributed by atoms with Crippen LogP contribution in [0.5, 0.6) is 5.75 Å². The third-order valence-corrected chi connectivity index (χ3v) is 3.19. The molecule has 0 aliphatic carbocycles. The van der Waals surface area contributed by atoms with E-state index >= 15 is 0 Å². The number of piperidine rings is 1. The van der Waals surface area contributed by atoms with Crippen molar-refractivity contribution in [2.24, 2.45) is 5.73 Å². The van der Waals surface area contributed by atoms with Crippen LogP contribution in [0.15, 0.2) is 24.3 Å². The van der Waals surface area contributed by atoms with Gasteiger partial charge >= 0.3 is 0 Å². The van der Waals surface area contributed by atoms with E-state index in [1.54, 1.807) is 7.11 Å². The van der Waals surface area contributed by atoms with E-state index in [0.717, 1.165) is 18.6 Å². The van der Waals surface area contributed by atoms with Gasteiger partial charge in [-0.15, -0.1) is 0 Å². The van der Waals surface area contributed by atoms with Gasteiger partial charge in [0.1, 0.15) is 5.75 Å². The lowest BCUT2D eigenvalue weighted by atomic mass is 9.90. The fourth-order valence-corrected chi connectivity index (χ4v) is 2.50. The summed E-state index contributed by atoms with van der Waals surface area (Å²) in [6, 6.07) is 9.22. The Morgan fingerprint density at radius 3 is 2.75 bits per heavy atom. The molecule has 0 aromatic heterocycles. The highest BCUT2D eigenvalue weighted by Crippen LogP contribution is 2.31. The van der Waals surface area contributed by atoms with Gasteiger partial charge in [0.15, 0.2) is 0 Å².